The summed E-state index contributed by atoms with van der Waals surface area (Å²) in [5.74, 6) is 2.19. The van der Waals surface area contributed by atoms with Crippen molar-refractivity contribution in [3.8, 4) is 28.7 Å². The first-order valence-electron chi connectivity index (χ1n) is 8.17. The molecular weight excluding hydrogens is 352 g/mol. The summed E-state index contributed by atoms with van der Waals surface area (Å²) in [6, 6.07) is 10.6. The molecule has 1 aliphatic heterocycles. The van der Waals surface area contributed by atoms with Gasteiger partial charge in [-0.25, -0.2) is 5.43 Å². The van der Waals surface area contributed by atoms with Crippen LogP contribution in [0.15, 0.2) is 41.5 Å². The SMILES string of the molecule is COc1cc(/C=N/NC(=O)C2COc3ccccc3O2)cc(OC)c1OC. The molecule has 0 spiro atoms. The number of hydrazone groups is 1. The summed E-state index contributed by atoms with van der Waals surface area (Å²) in [5.41, 5.74) is 3.11. The molecule has 8 nitrogen and oxygen atoms in total. The van der Waals surface area contributed by atoms with Gasteiger partial charge in [-0.05, 0) is 24.3 Å². The maximum atomic E-state index is 12.2. The summed E-state index contributed by atoms with van der Waals surface area (Å²) >= 11 is 0. The molecule has 1 unspecified atom stereocenters. The number of benzene rings is 2. The van der Waals surface area contributed by atoms with E-state index in [-0.39, 0.29) is 6.61 Å². The number of hydrogen-bond acceptors (Lipinski definition) is 7. The topological polar surface area (TPSA) is 87.6 Å². The smallest absolute Gasteiger partial charge is 0.284 e. The maximum absolute atomic E-state index is 12.2. The van der Waals surface area contributed by atoms with Crippen LogP contribution in [0.1, 0.15) is 5.56 Å². The molecule has 1 amide bonds. The van der Waals surface area contributed by atoms with E-state index in [4.69, 9.17) is 23.7 Å². The molecule has 1 heterocycles. The number of amides is 1. The zero-order valence-corrected chi connectivity index (χ0v) is 15.2. The average Bonchev–Trinajstić information content (AvgIpc) is 2.72. The molecule has 0 radical (unpaired) electrons. The van der Waals surface area contributed by atoms with Gasteiger partial charge in [0.1, 0.15) is 6.61 Å². The minimum atomic E-state index is -0.781. The summed E-state index contributed by atoms with van der Waals surface area (Å²) in [4.78, 5) is 12.2. The van der Waals surface area contributed by atoms with Crippen molar-refractivity contribution >= 4 is 12.1 Å². The third-order valence-corrected chi connectivity index (χ3v) is 3.88. The standard InChI is InChI=1S/C19H20N2O6/c1-23-15-8-12(9-16(24-2)18(15)25-3)10-20-21-19(22)17-11-26-13-6-4-5-7-14(13)27-17/h4-10,17H,11H2,1-3H3,(H,21,22)/b20-10+. The van der Waals surface area contributed by atoms with E-state index in [1.165, 1.54) is 27.5 Å². The molecule has 1 aliphatic rings. The van der Waals surface area contributed by atoms with E-state index < -0.39 is 12.0 Å². The van der Waals surface area contributed by atoms with Crippen LogP contribution in [-0.2, 0) is 4.79 Å². The summed E-state index contributed by atoms with van der Waals surface area (Å²) in [7, 11) is 4.58. The number of fused-ring (bicyclic) bond motifs is 1. The van der Waals surface area contributed by atoms with Crippen LogP contribution in [-0.4, -0.2) is 46.2 Å². The molecule has 27 heavy (non-hydrogen) atoms. The number of carbonyl (C=O) groups excluding carboxylic acids is 1. The van der Waals surface area contributed by atoms with Crippen LogP contribution in [0.5, 0.6) is 28.7 Å². The van der Waals surface area contributed by atoms with Gasteiger partial charge in [0.25, 0.3) is 5.91 Å². The fourth-order valence-electron chi connectivity index (χ4n) is 2.57. The molecule has 2 aromatic carbocycles. The van der Waals surface area contributed by atoms with Gasteiger partial charge >= 0.3 is 0 Å². The molecule has 8 heteroatoms. The predicted octanol–water partition coefficient (Wildman–Crippen LogP) is 2.00. The highest BCUT2D eigenvalue weighted by molar-refractivity contribution is 5.86. The Morgan fingerprint density at radius 2 is 1.78 bits per heavy atom. The number of hydrogen-bond donors (Lipinski definition) is 1. The van der Waals surface area contributed by atoms with Crippen molar-refractivity contribution in [3.05, 3.63) is 42.0 Å². The van der Waals surface area contributed by atoms with E-state index in [0.717, 1.165) is 0 Å². The van der Waals surface area contributed by atoms with Gasteiger partial charge in [0.05, 0.1) is 27.5 Å². The van der Waals surface area contributed by atoms with E-state index in [2.05, 4.69) is 10.5 Å². The highest BCUT2D eigenvalue weighted by Gasteiger charge is 2.27. The van der Waals surface area contributed by atoms with Crippen molar-refractivity contribution in [2.75, 3.05) is 27.9 Å². The summed E-state index contributed by atoms with van der Waals surface area (Å²) in [5, 5.41) is 3.97. The van der Waals surface area contributed by atoms with Gasteiger partial charge in [0.2, 0.25) is 11.9 Å². The Bertz CT molecular complexity index is 827. The number of para-hydroxylation sites is 2. The van der Waals surface area contributed by atoms with Crippen LogP contribution < -0.4 is 29.1 Å². The number of nitrogens with zero attached hydrogens (tertiary/aromatic N) is 1. The first kappa shape index (κ1) is 18.4. The second kappa shape index (κ2) is 8.31. The highest BCUT2D eigenvalue weighted by Crippen LogP contribution is 2.37. The minimum Gasteiger partial charge on any atom is -0.493 e. The summed E-state index contributed by atoms with van der Waals surface area (Å²) in [6.07, 6.45) is 0.692. The lowest BCUT2D eigenvalue weighted by molar-refractivity contribution is -0.130. The van der Waals surface area contributed by atoms with Crippen LogP contribution in [0.2, 0.25) is 0 Å². The quantitative estimate of drug-likeness (QED) is 0.616. The van der Waals surface area contributed by atoms with Crippen LogP contribution >= 0.6 is 0 Å². The number of nitrogens with one attached hydrogen (secondary N) is 1. The zero-order valence-electron chi connectivity index (χ0n) is 15.2. The predicted molar refractivity (Wildman–Crippen MR) is 98.2 cm³/mol. The van der Waals surface area contributed by atoms with Gasteiger partial charge in [-0.1, -0.05) is 12.1 Å². The Hall–Kier alpha value is -3.42. The summed E-state index contributed by atoms with van der Waals surface area (Å²) in [6.45, 7) is 0.114. The minimum absolute atomic E-state index is 0.114. The Labute approximate surface area is 156 Å². The van der Waals surface area contributed by atoms with Crippen LogP contribution in [0.4, 0.5) is 0 Å². The van der Waals surface area contributed by atoms with Gasteiger partial charge in [0, 0.05) is 5.56 Å². The maximum Gasteiger partial charge on any atom is 0.284 e. The van der Waals surface area contributed by atoms with Crippen molar-refractivity contribution in [2.24, 2.45) is 5.10 Å². The zero-order chi connectivity index (χ0) is 19.2. The molecule has 1 atom stereocenters. The first-order valence-corrected chi connectivity index (χ1v) is 8.17. The molecule has 0 fully saturated rings. The van der Waals surface area contributed by atoms with Crippen molar-refractivity contribution in [2.45, 2.75) is 6.10 Å². The van der Waals surface area contributed by atoms with Gasteiger partial charge in [-0.3, -0.25) is 4.79 Å². The van der Waals surface area contributed by atoms with Crippen LogP contribution in [0.25, 0.3) is 0 Å². The molecule has 0 bridgehead atoms. The van der Waals surface area contributed by atoms with Gasteiger partial charge < -0.3 is 23.7 Å². The van der Waals surface area contributed by atoms with Crippen LogP contribution in [0, 0.1) is 0 Å². The van der Waals surface area contributed by atoms with Gasteiger partial charge in [0.15, 0.2) is 23.0 Å². The second-order valence-corrected chi connectivity index (χ2v) is 5.56. The Morgan fingerprint density at radius 3 is 2.41 bits per heavy atom. The highest BCUT2D eigenvalue weighted by atomic mass is 16.6. The van der Waals surface area contributed by atoms with E-state index >= 15 is 0 Å². The molecule has 1 N–H and O–H groups in total. The van der Waals surface area contributed by atoms with Crippen molar-refractivity contribution in [1.29, 1.82) is 0 Å². The molecule has 2 aromatic rings. The average molecular weight is 372 g/mol. The molecule has 0 saturated carbocycles. The Balaban J connectivity index is 1.66. The molecule has 0 aliphatic carbocycles. The van der Waals surface area contributed by atoms with Crippen molar-refractivity contribution in [3.63, 3.8) is 0 Å². The van der Waals surface area contributed by atoms with Gasteiger partial charge in [-0.2, -0.15) is 5.10 Å². The lowest BCUT2D eigenvalue weighted by Crippen LogP contribution is -2.42. The number of carbonyl (C=O) groups is 1. The Kier molecular flexibility index (Phi) is 5.65. The summed E-state index contributed by atoms with van der Waals surface area (Å²) < 4.78 is 27.0. The Morgan fingerprint density at radius 1 is 1.11 bits per heavy atom. The normalized spacial score (nSPS) is 15.3. The third kappa shape index (κ3) is 4.05. The molecule has 0 aromatic heterocycles. The molecule has 142 valence electrons. The van der Waals surface area contributed by atoms with Crippen molar-refractivity contribution in [1.82, 2.24) is 5.43 Å². The fourth-order valence-corrected chi connectivity index (χ4v) is 2.57. The van der Waals surface area contributed by atoms with E-state index in [1.807, 2.05) is 12.1 Å². The molecule has 0 saturated heterocycles. The third-order valence-electron chi connectivity index (χ3n) is 3.88. The largest absolute Gasteiger partial charge is 0.493 e. The van der Waals surface area contributed by atoms with E-state index in [0.29, 0.717) is 34.3 Å². The number of rotatable bonds is 6. The lowest BCUT2D eigenvalue weighted by atomic mass is 10.2. The number of ether oxygens (including phenoxy) is 5. The van der Waals surface area contributed by atoms with E-state index in [9.17, 15) is 4.79 Å². The lowest BCUT2D eigenvalue weighted by Gasteiger charge is -2.24. The van der Waals surface area contributed by atoms with Gasteiger partial charge in [-0.15, -0.1) is 0 Å². The monoisotopic (exact) mass is 372 g/mol. The van der Waals surface area contributed by atoms with Crippen LogP contribution in [0.3, 0.4) is 0 Å². The number of methoxy groups -OCH3 is 3. The van der Waals surface area contributed by atoms with E-state index in [1.54, 1.807) is 24.3 Å². The molecular formula is C19H20N2O6. The fraction of sp³-hybridized carbons (Fsp3) is 0.263. The second-order valence-electron chi connectivity index (χ2n) is 5.56. The van der Waals surface area contributed by atoms with Crippen molar-refractivity contribution < 1.29 is 28.5 Å². The first-order chi connectivity index (χ1) is 13.2. The molecule has 3 rings (SSSR count).